The van der Waals surface area contributed by atoms with E-state index in [0.717, 1.165) is 0 Å². The summed E-state index contributed by atoms with van der Waals surface area (Å²) in [6, 6.07) is 10.9. The Labute approximate surface area is 127 Å². The number of hydrogen-bond donors (Lipinski definition) is 0. The maximum atomic E-state index is 2.35. The average molecular weight is 274 g/mol. The molecule has 0 N–H and O–H groups in total. The van der Waals surface area contributed by atoms with Gasteiger partial charge in [0, 0.05) is 0 Å². The van der Waals surface area contributed by atoms with Crippen molar-refractivity contribution in [2.24, 2.45) is 5.41 Å². The van der Waals surface area contributed by atoms with Crippen molar-refractivity contribution in [1.29, 1.82) is 0 Å². The van der Waals surface area contributed by atoms with Crippen LogP contribution in [0.2, 0.25) is 0 Å². The highest BCUT2D eigenvalue weighted by atomic mass is 14.1. The van der Waals surface area contributed by atoms with Crippen LogP contribution in [0.4, 0.5) is 0 Å². The molecule has 1 aromatic carbocycles. The molecule has 0 radical (unpaired) electrons. The lowest BCUT2D eigenvalue weighted by atomic mass is 9.89. The van der Waals surface area contributed by atoms with Gasteiger partial charge >= 0.3 is 0 Å². The summed E-state index contributed by atoms with van der Waals surface area (Å²) < 4.78 is 0. The number of benzene rings is 1. The highest BCUT2D eigenvalue weighted by Crippen LogP contribution is 2.22. The first-order valence-corrected chi connectivity index (χ1v) is 8.62. The Morgan fingerprint density at radius 1 is 0.650 bits per heavy atom. The molecule has 0 nitrogen and oxygen atoms in total. The molecule has 0 aromatic heterocycles. The van der Waals surface area contributed by atoms with Gasteiger partial charge in [-0.15, -0.1) is 0 Å². The molecule has 0 heteroatoms. The normalized spacial score (nSPS) is 11.8. The molecule has 1 aromatic rings. The Morgan fingerprint density at radius 2 is 1.15 bits per heavy atom. The fraction of sp³-hybridized carbons (Fsp3) is 0.700. The van der Waals surface area contributed by atoms with Gasteiger partial charge in [-0.05, 0) is 30.2 Å². The van der Waals surface area contributed by atoms with Crippen LogP contribution >= 0.6 is 0 Å². The summed E-state index contributed by atoms with van der Waals surface area (Å²) in [5.74, 6) is 0. The Kier molecular flexibility index (Phi) is 8.65. The van der Waals surface area contributed by atoms with Gasteiger partial charge in [-0.25, -0.2) is 0 Å². The third-order valence-electron chi connectivity index (χ3n) is 3.99. The Balaban J connectivity index is 1.83. The van der Waals surface area contributed by atoms with E-state index in [4.69, 9.17) is 0 Å². The van der Waals surface area contributed by atoms with Crippen LogP contribution in [0.5, 0.6) is 0 Å². The third-order valence-corrected chi connectivity index (χ3v) is 3.99. The molecule has 0 heterocycles. The highest BCUT2D eigenvalue weighted by molar-refractivity contribution is 5.14. The third kappa shape index (κ3) is 10.1. The lowest BCUT2D eigenvalue weighted by Gasteiger charge is -2.17. The molecule has 0 saturated carbocycles. The van der Waals surface area contributed by atoms with Crippen LogP contribution in [0.3, 0.4) is 0 Å². The quantitative estimate of drug-likeness (QED) is 0.412. The maximum Gasteiger partial charge on any atom is -0.0279 e. The second-order valence-electron chi connectivity index (χ2n) is 7.37. The van der Waals surface area contributed by atoms with E-state index in [1.807, 2.05) is 0 Å². The minimum Gasteiger partial charge on any atom is -0.0622 e. The molecule has 0 saturated heterocycles. The van der Waals surface area contributed by atoms with Crippen LogP contribution in [-0.4, -0.2) is 0 Å². The van der Waals surface area contributed by atoms with Gasteiger partial charge in [0.2, 0.25) is 0 Å². The van der Waals surface area contributed by atoms with Crippen molar-refractivity contribution < 1.29 is 0 Å². The first-order chi connectivity index (χ1) is 9.58. The molecular formula is C20H34. The molecule has 0 atom stereocenters. The molecule has 20 heavy (non-hydrogen) atoms. The van der Waals surface area contributed by atoms with Gasteiger partial charge in [0.15, 0.2) is 0 Å². The Hall–Kier alpha value is -0.780. The first-order valence-electron chi connectivity index (χ1n) is 8.62. The molecule has 0 amide bonds. The summed E-state index contributed by atoms with van der Waals surface area (Å²) in [5, 5.41) is 0. The zero-order valence-corrected chi connectivity index (χ0v) is 14.0. The monoisotopic (exact) mass is 274 g/mol. The van der Waals surface area contributed by atoms with Crippen molar-refractivity contribution in [3.05, 3.63) is 35.9 Å². The molecule has 1 rings (SSSR count). The van der Waals surface area contributed by atoms with Gasteiger partial charge in [-0.3, -0.25) is 0 Å². The van der Waals surface area contributed by atoms with Gasteiger partial charge in [0.05, 0.1) is 0 Å². The van der Waals surface area contributed by atoms with Gasteiger partial charge in [-0.1, -0.05) is 96.0 Å². The van der Waals surface area contributed by atoms with Gasteiger partial charge in [-0.2, -0.15) is 0 Å². The van der Waals surface area contributed by atoms with E-state index in [9.17, 15) is 0 Å². The molecule has 0 bridgehead atoms. The van der Waals surface area contributed by atoms with Crippen molar-refractivity contribution in [3.8, 4) is 0 Å². The predicted molar refractivity (Wildman–Crippen MR) is 91.2 cm³/mol. The van der Waals surface area contributed by atoms with Gasteiger partial charge < -0.3 is 0 Å². The van der Waals surface area contributed by atoms with E-state index in [2.05, 4.69) is 51.1 Å². The molecule has 114 valence electrons. The van der Waals surface area contributed by atoms with E-state index < -0.39 is 0 Å². The minimum absolute atomic E-state index is 0.525. The van der Waals surface area contributed by atoms with Crippen molar-refractivity contribution in [2.45, 2.75) is 85.0 Å². The number of rotatable bonds is 10. The SMILES string of the molecule is CC(C)(C)CCCCCCCCCCc1ccccc1. The highest BCUT2D eigenvalue weighted by Gasteiger charge is 2.08. The molecular weight excluding hydrogens is 240 g/mol. The molecule has 0 aliphatic heterocycles. The summed E-state index contributed by atoms with van der Waals surface area (Å²) in [5.41, 5.74) is 2.02. The summed E-state index contributed by atoms with van der Waals surface area (Å²) in [6.45, 7) is 7.04. The summed E-state index contributed by atoms with van der Waals surface area (Å²) in [4.78, 5) is 0. The van der Waals surface area contributed by atoms with E-state index >= 15 is 0 Å². The predicted octanol–water partition coefficient (Wildman–Crippen LogP) is 6.79. The molecule has 0 fully saturated rings. The summed E-state index contributed by atoms with van der Waals surface area (Å²) >= 11 is 0. The number of aryl methyl sites for hydroxylation is 1. The van der Waals surface area contributed by atoms with Crippen LogP contribution in [-0.2, 0) is 6.42 Å². The Morgan fingerprint density at radius 3 is 1.70 bits per heavy atom. The van der Waals surface area contributed by atoms with E-state index in [0.29, 0.717) is 5.41 Å². The van der Waals surface area contributed by atoms with Crippen LogP contribution in [0.15, 0.2) is 30.3 Å². The van der Waals surface area contributed by atoms with Gasteiger partial charge in [0.1, 0.15) is 0 Å². The van der Waals surface area contributed by atoms with Gasteiger partial charge in [0.25, 0.3) is 0 Å². The first kappa shape index (κ1) is 17.3. The van der Waals surface area contributed by atoms with Crippen LogP contribution in [0, 0.1) is 5.41 Å². The minimum atomic E-state index is 0.525. The lowest BCUT2D eigenvalue weighted by molar-refractivity contribution is 0.356. The molecule has 0 spiro atoms. The van der Waals surface area contributed by atoms with Crippen LogP contribution in [0.25, 0.3) is 0 Å². The smallest absolute Gasteiger partial charge is 0.0279 e. The van der Waals surface area contributed by atoms with E-state index in [1.54, 1.807) is 0 Å². The second kappa shape index (κ2) is 10.0. The molecule has 0 aliphatic carbocycles. The van der Waals surface area contributed by atoms with E-state index in [1.165, 1.54) is 69.8 Å². The fourth-order valence-corrected chi connectivity index (χ4v) is 2.69. The fourth-order valence-electron chi connectivity index (χ4n) is 2.69. The molecule has 0 unspecified atom stereocenters. The topological polar surface area (TPSA) is 0 Å². The summed E-state index contributed by atoms with van der Waals surface area (Å²) in [6.07, 6.45) is 14.0. The van der Waals surface area contributed by atoms with Crippen LogP contribution in [0.1, 0.15) is 84.1 Å². The second-order valence-corrected chi connectivity index (χ2v) is 7.37. The van der Waals surface area contributed by atoms with Crippen molar-refractivity contribution in [1.82, 2.24) is 0 Å². The standard InChI is InChI=1S/C20H34/c1-20(2,3)18-14-9-7-5-4-6-8-11-15-19-16-12-10-13-17-19/h10,12-13,16-17H,4-9,11,14-15,18H2,1-3H3. The summed E-state index contributed by atoms with van der Waals surface area (Å²) in [7, 11) is 0. The average Bonchev–Trinajstić information content (AvgIpc) is 2.41. The zero-order valence-electron chi connectivity index (χ0n) is 14.0. The van der Waals surface area contributed by atoms with E-state index in [-0.39, 0.29) is 0 Å². The molecule has 0 aliphatic rings. The number of unbranched alkanes of at least 4 members (excludes halogenated alkanes) is 7. The lowest BCUT2D eigenvalue weighted by Crippen LogP contribution is -2.03. The zero-order chi connectivity index (χ0) is 14.7. The number of hydrogen-bond acceptors (Lipinski definition) is 0. The Bertz CT molecular complexity index is 318. The van der Waals surface area contributed by atoms with Crippen LogP contribution < -0.4 is 0 Å². The van der Waals surface area contributed by atoms with Crippen molar-refractivity contribution >= 4 is 0 Å². The maximum absolute atomic E-state index is 2.35. The largest absolute Gasteiger partial charge is 0.0622 e. The van der Waals surface area contributed by atoms with Crippen molar-refractivity contribution in [3.63, 3.8) is 0 Å². The van der Waals surface area contributed by atoms with Crippen molar-refractivity contribution in [2.75, 3.05) is 0 Å².